The lowest BCUT2D eigenvalue weighted by atomic mass is 10.1. The Hall–Kier alpha value is -2.01. The van der Waals surface area contributed by atoms with E-state index in [1.165, 1.54) is 6.08 Å². The van der Waals surface area contributed by atoms with E-state index in [1.54, 1.807) is 6.08 Å². The molecule has 2 rings (SSSR count). The van der Waals surface area contributed by atoms with Crippen molar-refractivity contribution in [1.29, 1.82) is 0 Å². The minimum absolute atomic E-state index is 0.0258. The quantitative estimate of drug-likeness (QED) is 0.802. The molecule has 5 nitrogen and oxygen atoms in total. The van der Waals surface area contributed by atoms with E-state index in [9.17, 15) is 4.79 Å². The summed E-state index contributed by atoms with van der Waals surface area (Å²) in [5.74, 6) is 1.25. The summed E-state index contributed by atoms with van der Waals surface area (Å²) in [5, 5.41) is 11.8. The number of amides is 1. The Kier molecular flexibility index (Phi) is 4.63. The van der Waals surface area contributed by atoms with Crippen molar-refractivity contribution in [2.45, 2.75) is 19.9 Å². The minimum atomic E-state index is -0.185. The number of carbonyl (C=O) groups is 1. The molecule has 108 valence electrons. The van der Waals surface area contributed by atoms with Gasteiger partial charge < -0.3 is 19.9 Å². The molecule has 1 aromatic carbocycles. The Morgan fingerprint density at radius 1 is 1.40 bits per heavy atom. The highest BCUT2D eigenvalue weighted by atomic mass is 16.7. The van der Waals surface area contributed by atoms with E-state index in [0.717, 1.165) is 11.3 Å². The van der Waals surface area contributed by atoms with Crippen LogP contribution in [-0.2, 0) is 4.79 Å². The van der Waals surface area contributed by atoms with Crippen molar-refractivity contribution in [1.82, 2.24) is 5.32 Å². The summed E-state index contributed by atoms with van der Waals surface area (Å²) in [5.41, 5.74) is 0.868. The van der Waals surface area contributed by atoms with Crippen LogP contribution >= 0.6 is 0 Å². The molecule has 0 radical (unpaired) electrons. The second-order valence-corrected chi connectivity index (χ2v) is 4.90. The van der Waals surface area contributed by atoms with Crippen LogP contribution < -0.4 is 14.8 Å². The van der Waals surface area contributed by atoms with Gasteiger partial charge in [-0.3, -0.25) is 4.79 Å². The van der Waals surface area contributed by atoms with Gasteiger partial charge in [0.15, 0.2) is 11.5 Å². The highest BCUT2D eigenvalue weighted by Gasteiger charge is 2.13. The van der Waals surface area contributed by atoms with E-state index in [1.807, 2.05) is 32.0 Å². The molecule has 2 N–H and O–H groups in total. The summed E-state index contributed by atoms with van der Waals surface area (Å²) in [7, 11) is 0. The van der Waals surface area contributed by atoms with E-state index in [0.29, 0.717) is 5.75 Å². The van der Waals surface area contributed by atoms with Crippen molar-refractivity contribution in [2.75, 3.05) is 13.4 Å². The first kappa shape index (κ1) is 14.4. The number of carbonyl (C=O) groups excluding carboxylic acids is 1. The summed E-state index contributed by atoms with van der Waals surface area (Å²) in [6.07, 6.45) is 3.19. The molecule has 1 aliphatic heterocycles. The number of hydrogen-bond donors (Lipinski definition) is 2. The fourth-order valence-electron chi connectivity index (χ4n) is 1.76. The average molecular weight is 277 g/mol. The number of aliphatic hydroxyl groups is 1. The van der Waals surface area contributed by atoms with Gasteiger partial charge in [-0.05, 0) is 36.6 Å². The van der Waals surface area contributed by atoms with Crippen LogP contribution in [0.5, 0.6) is 11.5 Å². The molecular weight excluding hydrogens is 258 g/mol. The Morgan fingerprint density at radius 2 is 2.15 bits per heavy atom. The number of aliphatic hydroxyl groups excluding tert-OH is 1. The number of fused-ring (bicyclic) bond motifs is 1. The lowest BCUT2D eigenvalue weighted by Gasteiger charge is -2.18. The number of hydrogen-bond acceptors (Lipinski definition) is 4. The van der Waals surface area contributed by atoms with E-state index in [2.05, 4.69) is 5.32 Å². The predicted octanol–water partition coefficient (Wildman–Crippen LogP) is 1.56. The summed E-state index contributed by atoms with van der Waals surface area (Å²) in [6.45, 7) is 4.03. The van der Waals surface area contributed by atoms with Crippen molar-refractivity contribution in [2.24, 2.45) is 5.92 Å². The zero-order valence-electron chi connectivity index (χ0n) is 11.6. The maximum atomic E-state index is 11.7. The van der Waals surface area contributed by atoms with E-state index in [4.69, 9.17) is 14.6 Å². The highest BCUT2D eigenvalue weighted by Crippen LogP contribution is 2.32. The lowest BCUT2D eigenvalue weighted by molar-refractivity contribution is -0.117. The van der Waals surface area contributed by atoms with Gasteiger partial charge in [0, 0.05) is 18.7 Å². The van der Waals surface area contributed by atoms with Crippen LogP contribution in [0.25, 0.3) is 6.08 Å². The summed E-state index contributed by atoms with van der Waals surface area (Å²) in [4.78, 5) is 11.7. The zero-order valence-corrected chi connectivity index (χ0v) is 11.6. The molecule has 0 spiro atoms. The molecule has 0 saturated carbocycles. The second-order valence-electron chi connectivity index (χ2n) is 4.90. The SMILES string of the molecule is CC(CO)C(C)NC(=O)/C=C/c1ccc2c(c1)OCO2. The van der Waals surface area contributed by atoms with Gasteiger partial charge in [-0.1, -0.05) is 13.0 Å². The second kappa shape index (κ2) is 6.43. The summed E-state index contributed by atoms with van der Waals surface area (Å²) < 4.78 is 10.5. The average Bonchev–Trinajstić information content (AvgIpc) is 2.91. The molecule has 0 aliphatic carbocycles. The van der Waals surface area contributed by atoms with Crippen LogP contribution in [-0.4, -0.2) is 30.5 Å². The zero-order chi connectivity index (χ0) is 14.5. The van der Waals surface area contributed by atoms with E-state index >= 15 is 0 Å². The monoisotopic (exact) mass is 277 g/mol. The number of ether oxygens (including phenoxy) is 2. The van der Waals surface area contributed by atoms with Gasteiger partial charge in [-0.25, -0.2) is 0 Å². The molecule has 5 heteroatoms. The third-order valence-corrected chi connectivity index (χ3v) is 3.34. The summed E-state index contributed by atoms with van der Waals surface area (Å²) >= 11 is 0. The van der Waals surface area contributed by atoms with Crippen LogP contribution in [0.4, 0.5) is 0 Å². The number of benzene rings is 1. The van der Waals surface area contributed by atoms with Crippen LogP contribution in [0.15, 0.2) is 24.3 Å². The van der Waals surface area contributed by atoms with Crippen LogP contribution in [0.2, 0.25) is 0 Å². The largest absolute Gasteiger partial charge is 0.454 e. The van der Waals surface area contributed by atoms with Gasteiger partial charge in [0.05, 0.1) is 0 Å². The van der Waals surface area contributed by atoms with Crippen molar-refractivity contribution >= 4 is 12.0 Å². The molecule has 0 bridgehead atoms. The number of nitrogens with one attached hydrogen (secondary N) is 1. The number of rotatable bonds is 5. The molecule has 1 heterocycles. The van der Waals surface area contributed by atoms with Gasteiger partial charge in [-0.2, -0.15) is 0 Å². The molecule has 1 amide bonds. The standard InChI is InChI=1S/C15H19NO4/c1-10(8-17)11(2)16-15(18)6-4-12-3-5-13-14(7-12)20-9-19-13/h3-7,10-11,17H,8-9H2,1-2H3,(H,16,18)/b6-4+. The predicted molar refractivity (Wildman–Crippen MR) is 75.5 cm³/mol. The van der Waals surface area contributed by atoms with E-state index < -0.39 is 0 Å². The first-order valence-electron chi connectivity index (χ1n) is 6.59. The Balaban J connectivity index is 1.94. The molecule has 0 fully saturated rings. The first-order chi connectivity index (χ1) is 9.60. The fraction of sp³-hybridized carbons (Fsp3) is 0.400. The lowest BCUT2D eigenvalue weighted by Crippen LogP contribution is -2.37. The minimum Gasteiger partial charge on any atom is -0.454 e. The molecule has 20 heavy (non-hydrogen) atoms. The molecule has 1 aromatic rings. The van der Waals surface area contributed by atoms with Gasteiger partial charge in [0.1, 0.15) is 0 Å². The Bertz CT molecular complexity index is 513. The third kappa shape index (κ3) is 3.51. The molecule has 1 aliphatic rings. The first-order valence-corrected chi connectivity index (χ1v) is 6.59. The van der Waals surface area contributed by atoms with Crippen LogP contribution in [0.1, 0.15) is 19.4 Å². The van der Waals surface area contributed by atoms with Gasteiger partial charge in [0.2, 0.25) is 12.7 Å². The Labute approximate surface area is 118 Å². The fourth-order valence-corrected chi connectivity index (χ4v) is 1.76. The maximum Gasteiger partial charge on any atom is 0.244 e. The summed E-state index contributed by atoms with van der Waals surface area (Å²) in [6, 6.07) is 5.42. The topological polar surface area (TPSA) is 67.8 Å². The van der Waals surface area contributed by atoms with E-state index in [-0.39, 0.29) is 31.3 Å². The molecule has 2 atom stereocenters. The van der Waals surface area contributed by atoms with Gasteiger partial charge in [0.25, 0.3) is 0 Å². The molecule has 0 saturated heterocycles. The molecule has 2 unspecified atom stereocenters. The smallest absolute Gasteiger partial charge is 0.244 e. The van der Waals surface area contributed by atoms with Crippen molar-refractivity contribution in [3.8, 4) is 11.5 Å². The van der Waals surface area contributed by atoms with Gasteiger partial charge in [-0.15, -0.1) is 0 Å². The van der Waals surface area contributed by atoms with Gasteiger partial charge >= 0.3 is 0 Å². The van der Waals surface area contributed by atoms with Crippen molar-refractivity contribution in [3.63, 3.8) is 0 Å². The third-order valence-electron chi connectivity index (χ3n) is 3.34. The van der Waals surface area contributed by atoms with Crippen molar-refractivity contribution in [3.05, 3.63) is 29.8 Å². The van der Waals surface area contributed by atoms with Crippen LogP contribution in [0, 0.1) is 5.92 Å². The molecular formula is C15H19NO4. The maximum absolute atomic E-state index is 11.7. The Morgan fingerprint density at radius 3 is 2.90 bits per heavy atom. The molecule has 0 aromatic heterocycles. The van der Waals surface area contributed by atoms with Crippen LogP contribution in [0.3, 0.4) is 0 Å². The van der Waals surface area contributed by atoms with Crippen molar-refractivity contribution < 1.29 is 19.4 Å². The normalized spacial score (nSPS) is 16.1. The highest BCUT2D eigenvalue weighted by molar-refractivity contribution is 5.92.